The van der Waals surface area contributed by atoms with Gasteiger partial charge < -0.3 is 20.1 Å². The Kier molecular flexibility index (Phi) is 7.64. The molecule has 1 aromatic rings. The third-order valence-corrected chi connectivity index (χ3v) is 4.84. The summed E-state index contributed by atoms with van der Waals surface area (Å²) in [4.78, 5) is 37.6. The predicted octanol–water partition coefficient (Wildman–Crippen LogP) is 2.31. The van der Waals surface area contributed by atoms with Crippen molar-refractivity contribution in [2.45, 2.75) is 45.6 Å². The molecule has 2 amide bonds. The molecule has 1 fully saturated rings. The number of rotatable bonds is 8. The summed E-state index contributed by atoms with van der Waals surface area (Å²) in [5.41, 5.74) is 0.472. The minimum atomic E-state index is -0.847. The molecule has 0 spiro atoms. The number of nitrogens with zero attached hydrogens (tertiary/aromatic N) is 1. The molecular formula is C20H28N2O5. The Bertz CT molecular complexity index is 676. The number of amides is 2. The number of carboxylic acids is 1. The molecule has 2 unspecified atom stereocenters. The van der Waals surface area contributed by atoms with Gasteiger partial charge in [-0.2, -0.15) is 0 Å². The van der Waals surface area contributed by atoms with E-state index in [4.69, 9.17) is 4.74 Å². The Hall–Kier alpha value is -2.57. The number of aliphatic carboxylic acids is 1. The number of nitrogens with one attached hydrogen (secondary N) is 1. The first kappa shape index (κ1) is 20.7. The molecule has 0 aliphatic carbocycles. The lowest BCUT2D eigenvalue weighted by molar-refractivity contribution is -0.147. The number of carboxylic acid groups (broad SMARTS) is 1. The molecule has 1 aliphatic heterocycles. The average Bonchev–Trinajstić information content (AvgIpc) is 2.65. The first-order chi connectivity index (χ1) is 12.9. The fourth-order valence-electron chi connectivity index (χ4n) is 3.27. The lowest BCUT2D eigenvalue weighted by Crippen LogP contribution is -2.47. The van der Waals surface area contributed by atoms with Crippen LogP contribution in [-0.4, -0.2) is 53.5 Å². The van der Waals surface area contributed by atoms with Crippen molar-refractivity contribution in [3.63, 3.8) is 0 Å². The van der Waals surface area contributed by atoms with Crippen molar-refractivity contribution in [2.24, 2.45) is 5.92 Å². The van der Waals surface area contributed by atoms with Gasteiger partial charge in [0.05, 0.1) is 18.1 Å². The van der Waals surface area contributed by atoms with E-state index >= 15 is 0 Å². The van der Waals surface area contributed by atoms with Gasteiger partial charge >= 0.3 is 5.97 Å². The van der Waals surface area contributed by atoms with Crippen molar-refractivity contribution in [3.8, 4) is 5.75 Å². The number of carbonyl (C=O) groups excluding carboxylic acids is 2. The summed E-state index contributed by atoms with van der Waals surface area (Å²) >= 11 is 0. The number of likely N-dealkylation sites (tertiary alicyclic amines) is 1. The van der Waals surface area contributed by atoms with E-state index in [1.54, 1.807) is 23.1 Å². The lowest BCUT2D eigenvalue weighted by atomic mass is 9.93. The van der Waals surface area contributed by atoms with Crippen molar-refractivity contribution >= 4 is 17.8 Å². The van der Waals surface area contributed by atoms with Gasteiger partial charge in [0.2, 0.25) is 5.91 Å². The molecule has 0 aromatic heterocycles. The molecule has 2 N–H and O–H groups in total. The second-order valence-electron chi connectivity index (χ2n) is 6.80. The number of ether oxygens (including phenoxy) is 1. The third-order valence-electron chi connectivity index (χ3n) is 4.84. The Balaban J connectivity index is 1.80. The highest BCUT2D eigenvalue weighted by atomic mass is 16.5. The van der Waals surface area contributed by atoms with Crippen LogP contribution in [0.4, 0.5) is 0 Å². The molecule has 7 nitrogen and oxygen atoms in total. The van der Waals surface area contributed by atoms with Crippen molar-refractivity contribution < 1.29 is 24.2 Å². The monoisotopic (exact) mass is 376 g/mol. The predicted molar refractivity (Wildman–Crippen MR) is 101 cm³/mol. The van der Waals surface area contributed by atoms with Gasteiger partial charge in [0.1, 0.15) is 5.75 Å². The van der Waals surface area contributed by atoms with Gasteiger partial charge in [0.25, 0.3) is 5.91 Å². The SMILES string of the molecule is CCOc1ccccc1C(=O)NCCCC(=O)N1CC(C(=O)O)CCC1C. The maximum Gasteiger partial charge on any atom is 0.308 e. The molecule has 27 heavy (non-hydrogen) atoms. The number of hydrogen-bond acceptors (Lipinski definition) is 4. The van der Waals surface area contributed by atoms with E-state index in [1.165, 1.54) is 0 Å². The van der Waals surface area contributed by atoms with Crippen LogP contribution in [0.25, 0.3) is 0 Å². The highest BCUT2D eigenvalue weighted by molar-refractivity contribution is 5.96. The first-order valence-corrected chi connectivity index (χ1v) is 9.46. The van der Waals surface area contributed by atoms with Crippen molar-refractivity contribution in [2.75, 3.05) is 19.7 Å². The van der Waals surface area contributed by atoms with Gasteiger partial charge in [0.15, 0.2) is 0 Å². The van der Waals surface area contributed by atoms with Crippen LogP contribution >= 0.6 is 0 Å². The highest BCUT2D eigenvalue weighted by Crippen LogP contribution is 2.23. The largest absolute Gasteiger partial charge is 0.493 e. The summed E-state index contributed by atoms with van der Waals surface area (Å²) in [5, 5.41) is 12.0. The molecule has 1 aliphatic rings. The molecule has 0 bridgehead atoms. The molecule has 2 atom stereocenters. The lowest BCUT2D eigenvalue weighted by Gasteiger charge is -2.36. The maximum atomic E-state index is 12.4. The number of carbonyl (C=O) groups is 3. The molecule has 1 heterocycles. The summed E-state index contributed by atoms with van der Waals surface area (Å²) in [5.74, 6) is -1.09. The zero-order valence-electron chi connectivity index (χ0n) is 15.9. The first-order valence-electron chi connectivity index (χ1n) is 9.46. The fourth-order valence-corrected chi connectivity index (χ4v) is 3.27. The van der Waals surface area contributed by atoms with Gasteiger partial charge in [-0.3, -0.25) is 14.4 Å². The number of hydrogen-bond donors (Lipinski definition) is 2. The third kappa shape index (κ3) is 5.70. The van der Waals surface area contributed by atoms with Crippen LogP contribution in [0.3, 0.4) is 0 Å². The summed E-state index contributed by atoms with van der Waals surface area (Å²) in [6.07, 6.45) is 2.09. The van der Waals surface area contributed by atoms with E-state index in [0.717, 1.165) is 0 Å². The maximum absolute atomic E-state index is 12.4. The molecule has 0 saturated carbocycles. The van der Waals surface area contributed by atoms with Gasteiger partial charge in [-0.05, 0) is 45.2 Å². The molecular weight excluding hydrogens is 348 g/mol. The molecule has 0 radical (unpaired) electrons. The van der Waals surface area contributed by atoms with Crippen LogP contribution in [0.1, 0.15) is 49.9 Å². The normalized spacial score (nSPS) is 19.4. The van der Waals surface area contributed by atoms with E-state index in [0.29, 0.717) is 43.7 Å². The number of benzene rings is 1. The molecule has 148 valence electrons. The Morgan fingerprint density at radius 2 is 2.00 bits per heavy atom. The topological polar surface area (TPSA) is 95.9 Å². The molecule has 2 rings (SSSR count). The van der Waals surface area contributed by atoms with Crippen LogP contribution in [0.15, 0.2) is 24.3 Å². The van der Waals surface area contributed by atoms with Crippen LogP contribution < -0.4 is 10.1 Å². The van der Waals surface area contributed by atoms with Crippen LogP contribution in [0.2, 0.25) is 0 Å². The Morgan fingerprint density at radius 3 is 2.70 bits per heavy atom. The van der Waals surface area contributed by atoms with Crippen molar-refractivity contribution in [1.82, 2.24) is 10.2 Å². The minimum Gasteiger partial charge on any atom is -0.493 e. The summed E-state index contributed by atoms with van der Waals surface area (Å²) in [6, 6.07) is 7.09. The van der Waals surface area contributed by atoms with Gasteiger partial charge in [-0.1, -0.05) is 12.1 Å². The number of piperidine rings is 1. The molecule has 1 aromatic carbocycles. The second-order valence-corrected chi connectivity index (χ2v) is 6.80. The standard InChI is InChI=1S/C20H28N2O5/c1-3-27-17-8-5-4-7-16(17)19(24)21-12-6-9-18(23)22-13-15(20(25)26)11-10-14(22)2/h4-5,7-8,14-15H,3,6,9-13H2,1-2H3,(H,21,24)(H,25,26). The van der Waals surface area contributed by atoms with Crippen LogP contribution in [0, 0.1) is 5.92 Å². The summed E-state index contributed by atoms with van der Waals surface area (Å²) in [6.45, 7) is 4.92. The molecule has 7 heteroatoms. The number of para-hydroxylation sites is 1. The van der Waals surface area contributed by atoms with Gasteiger partial charge in [-0.15, -0.1) is 0 Å². The van der Waals surface area contributed by atoms with Crippen molar-refractivity contribution in [1.29, 1.82) is 0 Å². The highest BCUT2D eigenvalue weighted by Gasteiger charge is 2.32. The minimum absolute atomic E-state index is 0.0563. The summed E-state index contributed by atoms with van der Waals surface area (Å²) in [7, 11) is 0. The quantitative estimate of drug-likeness (QED) is 0.679. The fraction of sp³-hybridized carbons (Fsp3) is 0.550. The Morgan fingerprint density at radius 1 is 1.26 bits per heavy atom. The van der Waals surface area contributed by atoms with E-state index in [9.17, 15) is 19.5 Å². The van der Waals surface area contributed by atoms with Gasteiger partial charge in [-0.25, -0.2) is 0 Å². The van der Waals surface area contributed by atoms with E-state index in [1.807, 2.05) is 19.9 Å². The zero-order valence-corrected chi connectivity index (χ0v) is 15.9. The average molecular weight is 376 g/mol. The van der Waals surface area contributed by atoms with E-state index in [-0.39, 0.29) is 30.8 Å². The van der Waals surface area contributed by atoms with E-state index < -0.39 is 11.9 Å². The second kappa shape index (κ2) is 9.94. The smallest absolute Gasteiger partial charge is 0.308 e. The van der Waals surface area contributed by atoms with Crippen LogP contribution in [0.5, 0.6) is 5.75 Å². The molecule has 1 saturated heterocycles. The van der Waals surface area contributed by atoms with E-state index in [2.05, 4.69) is 5.32 Å². The van der Waals surface area contributed by atoms with Crippen LogP contribution in [-0.2, 0) is 9.59 Å². The zero-order chi connectivity index (χ0) is 19.8. The Labute approximate surface area is 159 Å². The summed E-state index contributed by atoms with van der Waals surface area (Å²) < 4.78 is 5.45. The van der Waals surface area contributed by atoms with Gasteiger partial charge in [0, 0.05) is 25.6 Å². The van der Waals surface area contributed by atoms with Crippen molar-refractivity contribution in [3.05, 3.63) is 29.8 Å².